The van der Waals surface area contributed by atoms with Gasteiger partial charge in [-0.1, -0.05) is 24.6 Å². The van der Waals surface area contributed by atoms with Crippen molar-refractivity contribution >= 4 is 11.9 Å². The molecule has 0 unspecified atom stereocenters. The zero-order valence-corrected chi connectivity index (χ0v) is 15.6. The van der Waals surface area contributed by atoms with Crippen molar-refractivity contribution in [1.82, 2.24) is 4.31 Å². The number of hydrogen-bond acceptors (Lipinski definition) is 4. The van der Waals surface area contributed by atoms with E-state index in [9.17, 15) is 0 Å². The molecule has 0 N–H and O–H groups in total. The Kier molecular flexibility index (Phi) is 5.68. The molecule has 2 fully saturated rings. The van der Waals surface area contributed by atoms with E-state index in [1.165, 1.54) is 21.6 Å². The Morgan fingerprint density at radius 3 is 2.13 bits per heavy atom. The SMILES string of the molecule is Cc1cc(C)c(SN2CCC(C3OCC(C)CO3)CC2)c(C)c1. The first-order valence-corrected chi connectivity index (χ1v) is 9.54. The molecule has 23 heavy (non-hydrogen) atoms. The van der Waals surface area contributed by atoms with Crippen molar-refractivity contribution in [3.8, 4) is 0 Å². The van der Waals surface area contributed by atoms with E-state index < -0.39 is 0 Å². The minimum Gasteiger partial charge on any atom is -0.352 e. The van der Waals surface area contributed by atoms with E-state index in [4.69, 9.17) is 9.47 Å². The third-order valence-electron chi connectivity index (χ3n) is 4.80. The second-order valence-corrected chi connectivity index (χ2v) is 8.33. The summed E-state index contributed by atoms with van der Waals surface area (Å²) in [7, 11) is 0. The van der Waals surface area contributed by atoms with E-state index in [-0.39, 0.29) is 6.29 Å². The minimum atomic E-state index is 0.0289. The molecule has 3 nitrogen and oxygen atoms in total. The molecule has 0 radical (unpaired) electrons. The van der Waals surface area contributed by atoms with E-state index >= 15 is 0 Å². The van der Waals surface area contributed by atoms with Gasteiger partial charge in [0.2, 0.25) is 0 Å². The van der Waals surface area contributed by atoms with E-state index in [0.717, 1.165) is 39.1 Å². The van der Waals surface area contributed by atoms with Crippen molar-refractivity contribution in [2.45, 2.75) is 51.7 Å². The highest BCUT2D eigenvalue weighted by Crippen LogP contribution is 2.35. The largest absolute Gasteiger partial charge is 0.352 e. The lowest BCUT2D eigenvalue weighted by Crippen LogP contribution is -2.41. The van der Waals surface area contributed by atoms with Crippen molar-refractivity contribution in [3.05, 3.63) is 28.8 Å². The van der Waals surface area contributed by atoms with Crippen LogP contribution in [0.3, 0.4) is 0 Å². The average Bonchev–Trinajstić information content (AvgIpc) is 2.52. The van der Waals surface area contributed by atoms with E-state index in [0.29, 0.717) is 11.8 Å². The fraction of sp³-hybridized carbons (Fsp3) is 0.684. The average molecular weight is 336 g/mol. The number of ether oxygens (including phenoxy) is 2. The molecule has 0 atom stereocenters. The Labute approximate surface area is 144 Å². The quantitative estimate of drug-likeness (QED) is 0.766. The summed E-state index contributed by atoms with van der Waals surface area (Å²) in [5.41, 5.74) is 4.13. The monoisotopic (exact) mass is 335 g/mol. The lowest BCUT2D eigenvalue weighted by atomic mass is 9.97. The van der Waals surface area contributed by atoms with Crippen LogP contribution >= 0.6 is 11.9 Å². The van der Waals surface area contributed by atoms with Gasteiger partial charge in [-0.05, 0) is 56.7 Å². The predicted molar refractivity (Wildman–Crippen MR) is 95.7 cm³/mol. The van der Waals surface area contributed by atoms with Gasteiger partial charge in [-0.25, -0.2) is 4.31 Å². The highest BCUT2D eigenvalue weighted by atomic mass is 32.2. The van der Waals surface area contributed by atoms with Gasteiger partial charge in [0.1, 0.15) is 0 Å². The van der Waals surface area contributed by atoms with Crippen LogP contribution in [-0.4, -0.2) is 36.9 Å². The molecule has 2 aliphatic heterocycles. The highest BCUT2D eigenvalue weighted by Gasteiger charge is 2.31. The zero-order valence-electron chi connectivity index (χ0n) is 14.8. The van der Waals surface area contributed by atoms with Crippen LogP contribution < -0.4 is 0 Å². The number of piperidine rings is 1. The van der Waals surface area contributed by atoms with Gasteiger partial charge in [0.25, 0.3) is 0 Å². The van der Waals surface area contributed by atoms with Crippen LogP contribution in [0.15, 0.2) is 17.0 Å². The maximum atomic E-state index is 5.89. The van der Waals surface area contributed by atoms with Crippen molar-refractivity contribution in [2.75, 3.05) is 26.3 Å². The Morgan fingerprint density at radius 2 is 1.57 bits per heavy atom. The summed E-state index contributed by atoms with van der Waals surface area (Å²) in [5.74, 6) is 1.09. The van der Waals surface area contributed by atoms with Gasteiger partial charge in [0.05, 0.1) is 13.2 Å². The minimum absolute atomic E-state index is 0.0289. The van der Waals surface area contributed by atoms with Crippen molar-refractivity contribution in [2.24, 2.45) is 11.8 Å². The van der Waals surface area contributed by atoms with Gasteiger partial charge in [-0.2, -0.15) is 0 Å². The van der Waals surface area contributed by atoms with Gasteiger partial charge in [-0.3, -0.25) is 0 Å². The van der Waals surface area contributed by atoms with Crippen LogP contribution in [0, 0.1) is 32.6 Å². The Morgan fingerprint density at radius 1 is 1.00 bits per heavy atom. The summed E-state index contributed by atoms with van der Waals surface area (Å²) in [6, 6.07) is 4.57. The Bertz CT molecular complexity index is 509. The van der Waals surface area contributed by atoms with Gasteiger partial charge < -0.3 is 9.47 Å². The molecule has 0 aromatic heterocycles. The summed E-state index contributed by atoms with van der Waals surface area (Å²) in [6.07, 6.45) is 2.35. The van der Waals surface area contributed by atoms with Crippen molar-refractivity contribution in [1.29, 1.82) is 0 Å². The van der Waals surface area contributed by atoms with E-state index in [1.54, 1.807) is 0 Å². The maximum absolute atomic E-state index is 5.89. The predicted octanol–water partition coefficient (Wildman–Crippen LogP) is 4.34. The molecule has 0 spiro atoms. The number of benzene rings is 1. The topological polar surface area (TPSA) is 21.7 Å². The van der Waals surface area contributed by atoms with Crippen molar-refractivity contribution in [3.63, 3.8) is 0 Å². The van der Waals surface area contributed by atoms with Crippen LogP contribution in [-0.2, 0) is 9.47 Å². The Hall–Kier alpha value is -0.550. The molecule has 2 heterocycles. The smallest absolute Gasteiger partial charge is 0.160 e. The first-order chi connectivity index (χ1) is 11.0. The highest BCUT2D eigenvalue weighted by molar-refractivity contribution is 7.97. The first-order valence-electron chi connectivity index (χ1n) is 8.77. The van der Waals surface area contributed by atoms with Gasteiger partial charge in [0.15, 0.2) is 6.29 Å². The standard InChI is InChI=1S/C19H29NO2S/c1-13-9-15(3)18(16(4)10-13)23-20-7-5-17(6-8-20)19-21-11-14(2)12-22-19/h9-10,14,17,19H,5-8,11-12H2,1-4H3. The summed E-state index contributed by atoms with van der Waals surface area (Å²) in [5, 5.41) is 0. The zero-order chi connectivity index (χ0) is 16.4. The molecule has 1 aromatic carbocycles. The molecular formula is C19H29NO2S. The molecule has 128 valence electrons. The van der Waals surface area contributed by atoms with Crippen LogP contribution in [0.4, 0.5) is 0 Å². The van der Waals surface area contributed by atoms with Gasteiger partial charge in [-0.15, -0.1) is 0 Å². The molecule has 0 bridgehead atoms. The molecule has 2 aliphatic rings. The third-order valence-corrected chi connectivity index (χ3v) is 6.25. The van der Waals surface area contributed by atoms with Crippen LogP contribution in [0.1, 0.15) is 36.5 Å². The molecule has 4 heteroatoms. The second-order valence-electron chi connectivity index (χ2n) is 7.23. The summed E-state index contributed by atoms with van der Waals surface area (Å²) >= 11 is 1.93. The fourth-order valence-electron chi connectivity index (χ4n) is 3.57. The van der Waals surface area contributed by atoms with Crippen LogP contribution in [0.25, 0.3) is 0 Å². The molecule has 2 saturated heterocycles. The summed E-state index contributed by atoms with van der Waals surface area (Å²) in [4.78, 5) is 1.42. The fourth-order valence-corrected chi connectivity index (χ4v) is 4.62. The van der Waals surface area contributed by atoms with Crippen molar-refractivity contribution < 1.29 is 9.47 Å². The summed E-state index contributed by atoms with van der Waals surface area (Å²) in [6.45, 7) is 12.7. The first kappa shape index (κ1) is 17.3. The second kappa shape index (κ2) is 7.56. The Balaban J connectivity index is 1.53. The molecule has 1 aromatic rings. The number of hydrogen-bond donors (Lipinski definition) is 0. The lowest BCUT2D eigenvalue weighted by molar-refractivity contribution is -0.226. The lowest BCUT2D eigenvalue weighted by Gasteiger charge is -2.38. The molecule has 0 aliphatic carbocycles. The summed E-state index contributed by atoms with van der Waals surface area (Å²) < 4.78 is 14.3. The molecular weight excluding hydrogens is 306 g/mol. The number of aryl methyl sites for hydroxylation is 3. The number of rotatable bonds is 3. The normalized spacial score (nSPS) is 27.3. The van der Waals surface area contributed by atoms with Crippen LogP contribution in [0.2, 0.25) is 0 Å². The number of nitrogens with zero attached hydrogens (tertiary/aromatic N) is 1. The molecule has 0 amide bonds. The van der Waals surface area contributed by atoms with Crippen LogP contribution in [0.5, 0.6) is 0 Å². The van der Waals surface area contributed by atoms with Gasteiger partial charge >= 0.3 is 0 Å². The molecule has 3 rings (SSSR count). The maximum Gasteiger partial charge on any atom is 0.160 e. The van der Waals surface area contributed by atoms with Gasteiger partial charge in [0, 0.05) is 29.8 Å². The van der Waals surface area contributed by atoms with E-state index in [2.05, 4.69) is 44.1 Å². The third kappa shape index (κ3) is 4.30. The molecule has 0 saturated carbocycles. The van der Waals surface area contributed by atoms with E-state index in [1.807, 2.05) is 11.9 Å².